The van der Waals surface area contributed by atoms with Crippen LogP contribution in [0.4, 0.5) is 0 Å². The number of rotatable bonds is 3. The van der Waals surface area contributed by atoms with Gasteiger partial charge < -0.3 is 0 Å². The molecule has 0 aliphatic heterocycles. The summed E-state index contributed by atoms with van der Waals surface area (Å²) >= 11 is 1.42. The van der Waals surface area contributed by atoms with Crippen molar-refractivity contribution in [2.45, 2.75) is 11.7 Å². The van der Waals surface area contributed by atoms with E-state index in [9.17, 15) is 0 Å². The van der Waals surface area contributed by atoms with E-state index in [0.29, 0.717) is 17.5 Å². The molecule has 0 fully saturated rings. The molecule has 1 aromatic heterocycles. The minimum absolute atomic E-state index is 0.448. The standard InChI is InChI=1S/C8H7N3S/c1-3-5-11-7-9-8(10-11)12-6-4-2/h1-2,7H,5-6H2. The molecule has 0 aromatic carbocycles. The van der Waals surface area contributed by atoms with Crippen LogP contribution in [0.25, 0.3) is 0 Å². The first-order valence-electron chi connectivity index (χ1n) is 3.26. The molecule has 0 spiro atoms. The van der Waals surface area contributed by atoms with E-state index in [0.717, 1.165) is 0 Å². The zero-order valence-corrected chi connectivity index (χ0v) is 7.21. The number of terminal acetylenes is 2. The SMILES string of the molecule is C#CCSc1ncn(CC#C)n1. The second-order valence-corrected chi connectivity index (χ2v) is 2.86. The van der Waals surface area contributed by atoms with Crippen molar-refractivity contribution in [1.82, 2.24) is 14.8 Å². The molecule has 0 bridgehead atoms. The maximum Gasteiger partial charge on any atom is 0.209 e. The van der Waals surface area contributed by atoms with Crippen LogP contribution in [-0.2, 0) is 6.54 Å². The average molecular weight is 177 g/mol. The normalized spacial score (nSPS) is 8.83. The summed E-state index contributed by atoms with van der Waals surface area (Å²) in [7, 11) is 0. The monoisotopic (exact) mass is 177 g/mol. The van der Waals surface area contributed by atoms with E-state index >= 15 is 0 Å². The maximum absolute atomic E-state index is 5.09. The predicted octanol–water partition coefficient (Wildman–Crippen LogP) is 0.637. The molecule has 0 saturated heterocycles. The molecule has 0 atom stereocenters. The highest BCUT2D eigenvalue weighted by Crippen LogP contribution is 2.09. The van der Waals surface area contributed by atoms with Gasteiger partial charge in [0.1, 0.15) is 12.9 Å². The molecule has 12 heavy (non-hydrogen) atoms. The predicted molar refractivity (Wildman–Crippen MR) is 48.4 cm³/mol. The Labute approximate surface area is 75.6 Å². The fourth-order valence-corrected chi connectivity index (χ4v) is 1.12. The third kappa shape index (κ3) is 2.34. The number of hydrogen-bond donors (Lipinski definition) is 0. The lowest BCUT2D eigenvalue weighted by Gasteiger charge is -1.89. The van der Waals surface area contributed by atoms with Crippen LogP contribution >= 0.6 is 11.8 Å². The molecule has 0 aliphatic rings. The highest BCUT2D eigenvalue weighted by molar-refractivity contribution is 7.99. The van der Waals surface area contributed by atoms with Gasteiger partial charge in [-0.1, -0.05) is 23.6 Å². The Morgan fingerprint density at radius 3 is 3.00 bits per heavy atom. The van der Waals surface area contributed by atoms with Crippen molar-refractivity contribution >= 4 is 11.8 Å². The molecule has 0 unspecified atom stereocenters. The quantitative estimate of drug-likeness (QED) is 0.501. The van der Waals surface area contributed by atoms with Gasteiger partial charge in [0, 0.05) is 0 Å². The topological polar surface area (TPSA) is 30.7 Å². The second kappa shape index (κ2) is 4.48. The summed E-state index contributed by atoms with van der Waals surface area (Å²) in [6.45, 7) is 0.448. The van der Waals surface area contributed by atoms with Crippen LogP contribution in [0.1, 0.15) is 0 Å². The average Bonchev–Trinajstić information content (AvgIpc) is 2.50. The molecule has 0 saturated carbocycles. The summed E-state index contributed by atoms with van der Waals surface area (Å²) < 4.78 is 1.60. The van der Waals surface area contributed by atoms with Crippen molar-refractivity contribution in [3.05, 3.63) is 6.33 Å². The fraction of sp³-hybridized carbons (Fsp3) is 0.250. The van der Waals surface area contributed by atoms with Crippen molar-refractivity contribution in [2.24, 2.45) is 0 Å². The van der Waals surface area contributed by atoms with Crippen molar-refractivity contribution in [3.8, 4) is 24.7 Å². The van der Waals surface area contributed by atoms with Crippen molar-refractivity contribution in [3.63, 3.8) is 0 Å². The van der Waals surface area contributed by atoms with Crippen LogP contribution in [0.3, 0.4) is 0 Å². The van der Waals surface area contributed by atoms with E-state index in [1.54, 1.807) is 11.0 Å². The molecule has 3 nitrogen and oxygen atoms in total. The summed E-state index contributed by atoms with van der Waals surface area (Å²) in [6.07, 6.45) is 11.8. The molecule has 1 rings (SSSR count). The molecule has 4 heteroatoms. The Morgan fingerprint density at radius 1 is 1.50 bits per heavy atom. The number of aromatic nitrogens is 3. The van der Waals surface area contributed by atoms with E-state index in [2.05, 4.69) is 21.9 Å². The Bertz CT molecular complexity index is 329. The van der Waals surface area contributed by atoms with Crippen molar-refractivity contribution in [1.29, 1.82) is 0 Å². The zero-order valence-electron chi connectivity index (χ0n) is 6.40. The van der Waals surface area contributed by atoms with E-state index in [1.165, 1.54) is 11.8 Å². The summed E-state index contributed by atoms with van der Waals surface area (Å²) in [5.41, 5.74) is 0. The van der Waals surface area contributed by atoms with Crippen LogP contribution in [0, 0.1) is 24.7 Å². The fourth-order valence-electron chi connectivity index (χ4n) is 0.620. The van der Waals surface area contributed by atoms with Crippen LogP contribution in [-0.4, -0.2) is 20.5 Å². The zero-order chi connectivity index (χ0) is 8.81. The molecule has 1 heterocycles. The van der Waals surface area contributed by atoms with Gasteiger partial charge in [-0.3, -0.25) is 0 Å². The lowest BCUT2D eigenvalue weighted by Crippen LogP contribution is -1.95. The Hall–Kier alpha value is -1.39. The summed E-state index contributed by atoms with van der Waals surface area (Å²) in [5.74, 6) is 5.54. The molecule has 60 valence electrons. The van der Waals surface area contributed by atoms with E-state index in [1.807, 2.05) is 0 Å². The molecular formula is C8H7N3S. The Balaban J connectivity index is 2.55. The van der Waals surface area contributed by atoms with Gasteiger partial charge in [0.25, 0.3) is 0 Å². The highest BCUT2D eigenvalue weighted by atomic mass is 32.2. The van der Waals surface area contributed by atoms with E-state index in [-0.39, 0.29) is 0 Å². The third-order valence-corrected chi connectivity index (χ3v) is 1.81. The molecule has 0 amide bonds. The lowest BCUT2D eigenvalue weighted by molar-refractivity contribution is 0.692. The molecule has 0 radical (unpaired) electrons. The van der Waals surface area contributed by atoms with Gasteiger partial charge in [0.15, 0.2) is 0 Å². The Kier molecular flexibility index (Phi) is 3.25. The minimum Gasteiger partial charge on any atom is -0.240 e. The highest BCUT2D eigenvalue weighted by Gasteiger charge is 1.98. The number of thioether (sulfide) groups is 1. The third-order valence-electron chi connectivity index (χ3n) is 1.05. The first kappa shape index (κ1) is 8.70. The Morgan fingerprint density at radius 2 is 2.33 bits per heavy atom. The van der Waals surface area contributed by atoms with E-state index in [4.69, 9.17) is 12.8 Å². The molecule has 0 N–H and O–H groups in total. The van der Waals surface area contributed by atoms with Gasteiger partial charge in [-0.05, 0) is 0 Å². The van der Waals surface area contributed by atoms with Crippen LogP contribution in [0.5, 0.6) is 0 Å². The largest absolute Gasteiger partial charge is 0.240 e. The van der Waals surface area contributed by atoms with Crippen LogP contribution in [0.15, 0.2) is 11.5 Å². The van der Waals surface area contributed by atoms with Crippen LogP contribution < -0.4 is 0 Å². The lowest BCUT2D eigenvalue weighted by atomic mass is 10.7. The van der Waals surface area contributed by atoms with Crippen molar-refractivity contribution in [2.75, 3.05) is 5.75 Å². The van der Waals surface area contributed by atoms with Crippen molar-refractivity contribution < 1.29 is 0 Å². The second-order valence-electron chi connectivity index (χ2n) is 1.92. The smallest absolute Gasteiger partial charge is 0.209 e. The van der Waals surface area contributed by atoms with Gasteiger partial charge >= 0.3 is 0 Å². The molecule has 0 aliphatic carbocycles. The first-order valence-corrected chi connectivity index (χ1v) is 4.24. The summed E-state index contributed by atoms with van der Waals surface area (Å²) in [6, 6.07) is 0. The van der Waals surface area contributed by atoms with Gasteiger partial charge in [0.2, 0.25) is 5.16 Å². The molecular weight excluding hydrogens is 170 g/mol. The number of nitrogens with zero attached hydrogens (tertiary/aromatic N) is 3. The molecule has 1 aromatic rings. The van der Waals surface area contributed by atoms with Gasteiger partial charge in [-0.15, -0.1) is 17.9 Å². The number of hydrogen-bond acceptors (Lipinski definition) is 3. The maximum atomic E-state index is 5.09. The van der Waals surface area contributed by atoms with Crippen LogP contribution in [0.2, 0.25) is 0 Å². The van der Waals surface area contributed by atoms with Gasteiger partial charge in [-0.25, -0.2) is 9.67 Å². The first-order chi connectivity index (χ1) is 5.86. The van der Waals surface area contributed by atoms with Gasteiger partial charge in [-0.2, -0.15) is 0 Å². The van der Waals surface area contributed by atoms with Gasteiger partial charge in [0.05, 0.1) is 5.75 Å². The minimum atomic E-state index is 0.448. The summed E-state index contributed by atoms with van der Waals surface area (Å²) in [4.78, 5) is 4.00. The summed E-state index contributed by atoms with van der Waals surface area (Å²) in [5, 5.41) is 4.74. The van der Waals surface area contributed by atoms with E-state index < -0.39 is 0 Å².